The molecular weight excluding hydrogens is 417 g/mol. The van der Waals surface area contributed by atoms with E-state index >= 15 is 0 Å². The lowest BCUT2D eigenvalue weighted by molar-refractivity contribution is -0.137. The Balaban J connectivity index is 1.78. The number of hydrogen-bond donors (Lipinski definition) is 1. The maximum absolute atomic E-state index is 13.3. The van der Waals surface area contributed by atoms with Crippen LogP contribution in [0, 0.1) is 13.8 Å². The fourth-order valence-corrected chi connectivity index (χ4v) is 3.74. The number of amides is 2. The average Bonchev–Trinajstić information content (AvgIpc) is 2.97. The van der Waals surface area contributed by atoms with Crippen molar-refractivity contribution >= 4 is 28.8 Å². The van der Waals surface area contributed by atoms with Gasteiger partial charge < -0.3 is 5.32 Å². The lowest BCUT2D eigenvalue weighted by atomic mass is 10.0. The van der Waals surface area contributed by atoms with Crippen LogP contribution in [0.15, 0.2) is 78.5 Å². The van der Waals surface area contributed by atoms with Crippen molar-refractivity contribution in [1.82, 2.24) is 0 Å². The summed E-state index contributed by atoms with van der Waals surface area (Å²) in [4.78, 5) is 27.5. The number of rotatable bonds is 4. The molecule has 0 atom stereocenters. The largest absolute Gasteiger partial charge is 0.416 e. The van der Waals surface area contributed by atoms with Crippen molar-refractivity contribution in [2.24, 2.45) is 0 Å². The van der Waals surface area contributed by atoms with Crippen LogP contribution in [0.3, 0.4) is 0 Å². The molecule has 4 nitrogen and oxygen atoms in total. The van der Waals surface area contributed by atoms with E-state index < -0.39 is 23.6 Å². The molecule has 0 saturated heterocycles. The molecule has 0 bridgehead atoms. The lowest BCUT2D eigenvalue weighted by Gasteiger charge is -2.16. The van der Waals surface area contributed by atoms with Gasteiger partial charge >= 0.3 is 6.18 Å². The first-order valence-corrected chi connectivity index (χ1v) is 9.86. The van der Waals surface area contributed by atoms with E-state index in [2.05, 4.69) is 5.32 Å². The second-order valence-corrected chi connectivity index (χ2v) is 7.61. The number of anilines is 2. The molecule has 1 aliphatic heterocycles. The Hall–Kier alpha value is -3.87. The maximum Gasteiger partial charge on any atom is 0.416 e. The van der Waals surface area contributed by atoms with Crippen LogP contribution in [0.5, 0.6) is 0 Å². The zero-order valence-corrected chi connectivity index (χ0v) is 17.3. The Bertz CT molecular complexity index is 1210. The Labute approximate surface area is 183 Å². The molecule has 0 unspecified atom stereocenters. The molecular formula is C25H19F3N2O2. The summed E-state index contributed by atoms with van der Waals surface area (Å²) in [6.07, 6.45) is -4.51. The molecule has 0 radical (unpaired) electrons. The third kappa shape index (κ3) is 4.01. The minimum absolute atomic E-state index is 0.0682. The second-order valence-electron chi connectivity index (χ2n) is 7.61. The number of aryl methyl sites for hydroxylation is 2. The molecule has 162 valence electrons. The Kier molecular flexibility index (Phi) is 5.34. The van der Waals surface area contributed by atoms with Crippen molar-refractivity contribution in [2.75, 3.05) is 10.2 Å². The van der Waals surface area contributed by atoms with Crippen LogP contribution in [-0.2, 0) is 15.8 Å². The van der Waals surface area contributed by atoms with Crippen LogP contribution in [0.25, 0.3) is 5.57 Å². The van der Waals surface area contributed by atoms with Gasteiger partial charge in [-0.3, -0.25) is 9.59 Å². The van der Waals surface area contributed by atoms with Gasteiger partial charge in [-0.15, -0.1) is 0 Å². The van der Waals surface area contributed by atoms with Crippen LogP contribution in [0.4, 0.5) is 24.5 Å². The average molecular weight is 436 g/mol. The predicted octanol–water partition coefficient (Wildman–Crippen LogP) is 5.72. The molecule has 1 heterocycles. The summed E-state index contributed by atoms with van der Waals surface area (Å²) in [5.41, 5.74) is 2.58. The standard InChI is InChI=1S/C25H19F3N2O2/c1-15-12-16(2)14-19(13-15)29-22-21(17-6-4-3-5-7-17)23(31)30(24(22)32)20-10-8-18(9-11-20)25(26,27)28/h3-14,29H,1-2H3. The molecule has 32 heavy (non-hydrogen) atoms. The number of carbonyl (C=O) groups excluding carboxylic acids is 2. The number of imide groups is 1. The van der Waals surface area contributed by atoms with Gasteiger partial charge in [-0.25, -0.2) is 4.90 Å². The molecule has 0 aromatic heterocycles. The van der Waals surface area contributed by atoms with Crippen molar-refractivity contribution in [1.29, 1.82) is 0 Å². The topological polar surface area (TPSA) is 49.4 Å². The number of halogens is 3. The van der Waals surface area contributed by atoms with Crippen LogP contribution < -0.4 is 10.2 Å². The van der Waals surface area contributed by atoms with Crippen molar-refractivity contribution in [3.63, 3.8) is 0 Å². The zero-order chi connectivity index (χ0) is 23.0. The van der Waals surface area contributed by atoms with Gasteiger partial charge in [-0.1, -0.05) is 36.4 Å². The van der Waals surface area contributed by atoms with E-state index in [1.54, 1.807) is 30.3 Å². The molecule has 1 aliphatic rings. The van der Waals surface area contributed by atoms with E-state index in [9.17, 15) is 22.8 Å². The first kappa shape index (κ1) is 21.4. The number of benzene rings is 3. The zero-order valence-electron chi connectivity index (χ0n) is 17.3. The summed E-state index contributed by atoms with van der Waals surface area (Å²) in [6.45, 7) is 3.83. The fraction of sp³-hybridized carbons (Fsp3) is 0.120. The van der Waals surface area contributed by atoms with Gasteiger partial charge in [0, 0.05) is 5.69 Å². The number of hydrogen-bond acceptors (Lipinski definition) is 3. The summed E-state index contributed by atoms with van der Waals surface area (Å²) in [5.74, 6) is -1.24. The highest BCUT2D eigenvalue weighted by molar-refractivity contribution is 6.46. The number of alkyl halides is 3. The normalized spacial score (nSPS) is 14.3. The number of nitrogens with one attached hydrogen (secondary N) is 1. The van der Waals surface area contributed by atoms with Crippen LogP contribution in [0.2, 0.25) is 0 Å². The van der Waals surface area contributed by atoms with Gasteiger partial charge in [0.05, 0.1) is 16.8 Å². The SMILES string of the molecule is Cc1cc(C)cc(NC2=C(c3ccccc3)C(=O)N(c3ccc(C(F)(F)F)cc3)C2=O)c1. The molecule has 4 rings (SSSR count). The highest BCUT2D eigenvalue weighted by Crippen LogP contribution is 2.36. The third-order valence-corrected chi connectivity index (χ3v) is 5.09. The molecule has 2 amide bonds. The van der Waals surface area contributed by atoms with Crippen molar-refractivity contribution < 1.29 is 22.8 Å². The second kappa shape index (κ2) is 8.00. The van der Waals surface area contributed by atoms with Gasteiger partial charge in [-0.2, -0.15) is 13.2 Å². The summed E-state index contributed by atoms with van der Waals surface area (Å²) >= 11 is 0. The molecule has 3 aromatic rings. The highest BCUT2D eigenvalue weighted by Gasteiger charge is 2.40. The van der Waals surface area contributed by atoms with Crippen LogP contribution in [-0.4, -0.2) is 11.8 Å². The van der Waals surface area contributed by atoms with E-state index in [4.69, 9.17) is 0 Å². The van der Waals surface area contributed by atoms with E-state index in [1.807, 2.05) is 32.0 Å². The first-order chi connectivity index (χ1) is 15.1. The highest BCUT2D eigenvalue weighted by atomic mass is 19.4. The Morgan fingerprint density at radius 3 is 1.94 bits per heavy atom. The Morgan fingerprint density at radius 2 is 1.38 bits per heavy atom. The van der Waals surface area contributed by atoms with Gasteiger partial charge in [-0.05, 0) is 66.9 Å². The molecule has 0 spiro atoms. The van der Waals surface area contributed by atoms with Gasteiger partial charge in [0.15, 0.2) is 0 Å². The molecule has 1 N–H and O–H groups in total. The third-order valence-electron chi connectivity index (χ3n) is 5.09. The Morgan fingerprint density at radius 1 is 0.781 bits per heavy atom. The number of nitrogens with zero attached hydrogens (tertiary/aromatic N) is 1. The minimum atomic E-state index is -4.51. The van der Waals surface area contributed by atoms with Crippen molar-refractivity contribution in [3.8, 4) is 0 Å². The lowest BCUT2D eigenvalue weighted by Crippen LogP contribution is -2.32. The quantitative estimate of drug-likeness (QED) is 0.533. The van der Waals surface area contributed by atoms with E-state index in [0.717, 1.165) is 40.3 Å². The maximum atomic E-state index is 13.3. The van der Waals surface area contributed by atoms with Gasteiger partial charge in [0.1, 0.15) is 5.70 Å². The smallest absolute Gasteiger partial charge is 0.350 e. The van der Waals surface area contributed by atoms with Gasteiger partial charge in [0.25, 0.3) is 11.8 Å². The van der Waals surface area contributed by atoms with E-state index in [1.165, 1.54) is 0 Å². The molecule has 3 aromatic carbocycles. The summed E-state index contributed by atoms with van der Waals surface area (Å²) < 4.78 is 38.8. The van der Waals surface area contributed by atoms with E-state index in [-0.39, 0.29) is 17.0 Å². The number of carbonyl (C=O) groups is 2. The van der Waals surface area contributed by atoms with E-state index in [0.29, 0.717) is 11.3 Å². The molecule has 0 aliphatic carbocycles. The van der Waals surface area contributed by atoms with Crippen LogP contribution in [0.1, 0.15) is 22.3 Å². The minimum Gasteiger partial charge on any atom is -0.350 e. The predicted molar refractivity (Wildman–Crippen MR) is 117 cm³/mol. The van der Waals surface area contributed by atoms with Crippen molar-refractivity contribution in [2.45, 2.75) is 20.0 Å². The summed E-state index contributed by atoms with van der Waals surface area (Å²) in [6, 6.07) is 18.3. The van der Waals surface area contributed by atoms with Gasteiger partial charge in [0.2, 0.25) is 0 Å². The molecule has 0 fully saturated rings. The summed E-state index contributed by atoms with van der Waals surface area (Å²) in [7, 11) is 0. The fourth-order valence-electron chi connectivity index (χ4n) is 3.74. The monoisotopic (exact) mass is 436 g/mol. The first-order valence-electron chi connectivity index (χ1n) is 9.86. The van der Waals surface area contributed by atoms with Crippen molar-refractivity contribution in [3.05, 3.63) is 101 Å². The summed E-state index contributed by atoms with van der Waals surface area (Å²) in [5, 5.41) is 3.07. The van der Waals surface area contributed by atoms with Crippen LogP contribution >= 0.6 is 0 Å². The molecule has 7 heteroatoms. The molecule has 0 saturated carbocycles.